The Balaban J connectivity index is 1.78. The number of ether oxygens (including phenoxy) is 2. The first-order chi connectivity index (χ1) is 13.3. The van der Waals surface area contributed by atoms with Gasteiger partial charge in [-0.3, -0.25) is 4.79 Å². The summed E-state index contributed by atoms with van der Waals surface area (Å²) >= 11 is 0. The number of aryl methyl sites for hydroxylation is 2. The molecule has 2 heterocycles. The van der Waals surface area contributed by atoms with Crippen LogP contribution < -0.4 is 10.5 Å². The van der Waals surface area contributed by atoms with Crippen molar-refractivity contribution in [2.24, 2.45) is 18.7 Å². The second-order valence-corrected chi connectivity index (χ2v) is 6.84. The Morgan fingerprint density at radius 2 is 2.14 bits per heavy atom. The fourth-order valence-electron chi connectivity index (χ4n) is 3.46. The fraction of sp³-hybridized carbons (Fsp3) is 0.500. The number of aliphatic carboxylic acids is 1. The first-order valence-corrected chi connectivity index (χ1v) is 9.02. The van der Waals surface area contributed by atoms with E-state index in [-0.39, 0.29) is 25.0 Å². The van der Waals surface area contributed by atoms with Gasteiger partial charge in [-0.05, 0) is 38.3 Å². The van der Waals surface area contributed by atoms with Gasteiger partial charge in [-0.25, -0.2) is 14.5 Å². The molecule has 150 valence electrons. The summed E-state index contributed by atoms with van der Waals surface area (Å²) in [5.41, 5.74) is 7.31. The summed E-state index contributed by atoms with van der Waals surface area (Å²) in [7, 11) is 1.68. The predicted molar refractivity (Wildman–Crippen MR) is 97.4 cm³/mol. The summed E-state index contributed by atoms with van der Waals surface area (Å²) < 4.78 is 12.4. The Morgan fingerprint density at radius 3 is 2.82 bits per heavy atom. The van der Waals surface area contributed by atoms with Crippen molar-refractivity contribution in [1.29, 1.82) is 0 Å². The third kappa shape index (κ3) is 4.38. The van der Waals surface area contributed by atoms with E-state index >= 15 is 0 Å². The van der Waals surface area contributed by atoms with E-state index in [2.05, 4.69) is 15.3 Å². The van der Waals surface area contributed by atoms with E-state index in [0.717, 1.165) is 19.3 Å². The average Bonchev–Trinajstić information content (AvgIpc) is 3.21. The number of carbonyl (C=O) groups is 2. The minimum atomic E-state index is -0.882. The highest BCUT2D eigenvalue weighted by Crippen LogP contribution is 2.33. The van der Waals surface area contributed by atoms with E-state index in [1.807, 2.05) is 6.92 Å². The van der Waals surface area contributed by atoms with E-state index in [9.17, 15) is 9.59 Å². The summed E-state index contributed by atoms with van der Waals surface area (Å²) in [5, 5.41) is 17.1. The number of amides is 1. The lowest BCUT2D eigenvalue weighted by Crippen LogP contribution is -2.24. The molecule has 10 heteroatoms. The maximum absolute atomic E-state index is 11.0. The van der Waals surface area contributed by atoms with Crippen LogP contribution in [0.25, 0.3) is 11.4 Å². The normalized spacial score (nSPS) is 18.8. The Bertz CT molecular complexity index is 881. The number of carboxylic acid groups (broad SMARTS) is 1. The maximum Gasteiger partial charge on any atom is 0.404 e. The molecule has 2 aromatic heterocycles. The first-order valence-electron chi connectivity index (χ1n) is 9.02. The molecule has 0 aliphatic heterocycles. The van der Waals surface area contributed by atoms with Crippen LogP contribution in [0.2, 0.25) is 0 Å². The largest absolute Gasteiger partial charge is 0.488 e. The Morgan fingerprint density at radius 1 is 1.36 bits per heavy atom. The van der Waals surface area contributed by atoms with Crippen LogP contribution in [0.15, 0.2) is 12.1 Å². The first kappa shape index (κ1) is 19.6. The lowest BCUT2D eigenvalue weighted by atomic mass is 10.0. The van der Waals surface area contributed by atoms with Gasteiger partial charge in [0.25, 0.3) is 0 Å². The molecule has 10 nitrogen and oxygen atoms in total. The number of nitrogens with two attached hydrogens (primary N) is 1. The number of carboxylic acids is 1. The summed E-state index contributed by atoms with van der Waals surface area (Å²) in [6, 6.07) is 3.54. The van der Waals surface area contributed by atoms with Gasteiger partial charge in [0.05, 0.1) is 17.8 Å². The molecule has 0 unspecified atom stereocenters. The van der Waals surface area contributed by atoms with Gasteiger partial charge in [0.1, 0.15) is 29.8 Å². The fourth-order valence-corrected chi connectivity index (χ4v) is 3.46. The molecule has 0 saturated heterocycles. The molecule has 1 aliphatic rings. The van der Waals surface area contributed by atoms with Gasteiger partial charge < -0.3 is 20.3 Å². The number of hydrogen-bond acceptors (Lipinski definition) is 7. The van der Waals surface area contributed by atoms with Crippen LogP contribution in [0, 0.1) is 12.8 Å². The third-order valence-corrected chi connectivity index (χ3v) is 4.88. The Hall–Kier alpha value is -3.17. The van der Waals surface area contributed by atoms with Crippen LogP contribution in [0.4, 0.5) is 4.79 Å². The molecule has 28 heavy (non-hydrogen) atoms. The van der Waals surface area contributed by atoms with Crippen molar-refractivity contribution in [3.05, 3.63) is 23.5 Å². The molecule has 1 fully saturated rings. The van der Waals surface area contributed by atoms with Gasteiger partial charge in [0.2, 0.25) is 0 Å². The van der Waals surface area contributed by atoms with Gasteiger partial charge in [-0.15, -0.1) is 5.10 Å². The number of hydrogen-bond donors (Lipinski definition) is 2. The zero-order valence-electron chi connectivity index (χ0n) is 15.8. The molecule has 2 aromatic rings. The monoisotopic (exact) mass is 389 g/mol. The standard InChI is InChI=1S/C18H23N5O5/c1-10-14(28-15-5-3-4-11(15)8-16(24)25)7-6-12(20-10)17-13(9-27-18(19)26)23(2)22-21-17/h6-7,11,15H,3-5,8-9H2,1-2H3,(H2,19,26)(H,24,25)/t11-,15-/m0/s1. The van der Waals surface area contributed by atoms with E-state index < -0.39 is 12.1 Å². The quantitative estimate of drug-likeness (QED) is 0.730. The van der Waals surface area contributed by atoms with Crippen molar-refractivity contribution in [1.82, 2.24) is 20.0 Å². The average molecular weight is 389 g/mol. The molecular formula is C18H23N5O5. The summed E-state index contributed by atoms with van der Waals surface area (Å²) in [6.45, 7) is 1.75. The molecule has 2 atom stereocenters. The molecule has 3 N–H and O–H groups in total. The van der Waals surface area contributed by atoms with E-state index in [1.54, 1.807) is 19.2 Å². The SMILES string of the molecule is Cc1nc(-c2nnn(C)c2COC(N)=O)ccc1O[C@H]1CCC[C@H]1CC(=O)O. The molecule has 0 bridgehead atoms. The number of aromatic nitrogens is 4. The molecular weight excluding hydrogens is 366 g/mol. The van der Waals surface area contributed by atoms with Crippen molar-refractivity contribution in [2.45, 2.75) is 45.3 Å². The summed E-state index contributed by atoms with van der Waals surface area (Å²) in [6.07, 6.45) is 1.74. The van der Waals surface area contributed by atoms with Crippen LogP contribution in [0.5, 0.6) is 5.75 Å². The molecule has 1 amide bonds. The molecule has 1 saturated carbocycles. The van der Waals surface area contributed by atoms with Crippen LogP contribution in [0.3, 0.4) is 0 Å². The highest BCUT2D eigenvalue weighted by atomic mass is 16.5. The Kier molecular flexibility index (Phi) is 5.76. The minimum absolute atomic E-state index is 0.00844. The van der Waals surface area contributed by atoms with Crippen molar-refractivity contribution < 1.29 is 24.2 Å². The topological polar surface area (TPSA) is 142 Å². The zero-order valence-corrected chi connectivity index (χ0v) is 15.8. The number of pyridine rings is 1. The van der Waals surface area contributed by atoms with Crippen molar-refractivity contribution >= 4 is 12.1 Å². The number of carbonyl (C=O) groups excluding carboxylic acids is 1. The molecule has 3 rings (SSSR count). The van der Waals surface area contributed by atoms with Gasteiger partial charge in [0, 0.05) is 13.0 Å². The summed E-state index contributed by atoms with van der Waals surface area (Å²) in [4.78, 5) is 26.5. The molecule has 1 aliphatic carbocycles. The highest BCUT2D eigenvalue weighted by Gasteiger charge is 2.31. The smallest absolute Gasteiger partial charge is 0.404 e. The Labute approximate surface area is 161 Å². The minimum Gasteiger partial charge on any atom is -0.488 e. The van der Waals surface area contributed by atoms with Gasteiger partial charge in [-0.1, -0.05) is 5.21 Å². The predicted octanol–water partition coefficient (Wildman–Crippen LogP) is 1.80. The zero-order chi connectivity index (χ0) is 20.3. The summed E-state index contributed by atoms with van der Waals surface area (Å²) in [5.74, 6) is -0.182. The van der Waals surface area contributed by atoms with Gasteiger partial charge in [0.15, 0.2) is 0 Å². The van der Waals surface area contributed by atoms with Crippen molar-refractivity contribution in [3.63, 3.8) is 0 Å². The highest BCUT2D eigenvalue weighted by molar-refractivity contribution is 5.67. The van der Waals surface area contributed by atoms with E-state index in [4.69, 9.17) is 20.3 Å². The molecule has 0 radical (unpaired) electrons. The number of primary amides is 1. The van der Waals surface area contributed by atoms with Gasteiger partial charge in [-0.2, -0.15) is 0 Å². The van der Waals surface area contributed by atoms with E-state index in [1.165, 1.54) is 4.68 Å². The van der Waals surface area contributed by atoms with Crippen molar-refractivity contribution in [2.75, 3.05) is 0 Å². The third-order valence-electron chi connectivity index (χ3n) is 4.88. The van der Waals surface area contributed by atoms with E-state index in [0.29, 0.717) is 28.5 Å². The van der Waals surface area contributed by atoms with Crippen LogP contribution in [-0.4, -0.2) is 43.3 Å². The lowest BCUT2D eigenvalue weighted by molar-refractivity contribution is -0.138. The maximum atomic E-state index is 11.0. The van der Waals surface area contributed by atoms with Crippen LogP contribution in [0.1, 0.15) is 37.1 Å². The van der Waals surface area contributed by atoms with Crippen LogP contribution >= 0.6 is 0 Å². The van der Waals surface area contributed by atoms with Gasteiger partial charge >= 0.3 is 12.1 Å². The number of rotatable bonds is 7. The van der Waals surface area contributed by atoms with Crippen LogP contribution in [-0.2, 0) is 23.2 Å². The van der Waals surface area contributed by atoms with Crippen molar-refractivity contribution in [3.8, 4) is 17.1 Å². The second kappa shape index (κ2) is 8.24. The lowest BCUT2D eigenvalue weighted by Gasteiger charge is -2.21. The second-order valence-electron chi connectivity index (χ2n) is 6.84. The number of nitrogens with zero attached hydrogens (tertiary/aromatic N) is 4. The molecule has 0 spiro atoms. The molecule has 0 aromatic carbocycles.